The fraction of sp³-hybridized carbons (Fsp3) is 0.400. The van der Waals surface area contributed by atoms with Gasteiger partial charge in [-0.3, -0.25) is 0 Å². The van der Waals surface area contributed by atoms with Crippen molar-refractivity contribution < 1.29 is 13.9 Å². The average Bonchev–Trinajstić information content (AvgIpc) is 2.06. The third-order valence-electron chi connectivity index (χ3n) is 1.99. The first kappa shape index (κ1) is 8.51. The van der Waals surface area contributed by atoms with Crippen LogP contribution in [0.2, 0.25) is 0 Å². The van der Waals surface area contributed by atoms with E-state index in [1.807, 2.05) is 6.92 Å². The van der Waals surface area contributed by atoms with Crippen molar-refractivity contribution in [3.05, 3.63) is 30.1 Å². The number of ether oxygens (including phenoxy) is 2. The van der Waals surface area contributed by atoms with Gasteiger partial charge in [-0.15, -0.1) is 0 Å². The maximum atomic E-state index is 12.5. The van der Waals surface area contributed by atoms with Gasteiger partial charge in [-0.1, -0.05) is 0 Å². The quantitative estimate of drug-likeness (QED) is 0.696. The van der Waals surface area contributed by atoms with E-state index in [2.05, 4.69) is 0 Å². The first-order valence-corrected chi connectivity index (χ1v) is 4.20. The van der Waals surface area contributed by atoms with Gasteiger partial charge in [0.05, 0.1) is 13.2 Å². The van der Waals surface area contributed by atoms with Crippen molar-refractivity contribution in [3.8, 4) is 5.75 Å². The van der Waals surface area contributed by atoms with E-state index < -0.39 is 0 Å². The molecule has 2 rings (SSSR count). The molecular weight excluding hydrogens is 171 g/mol. The van der Waals surface area contributed by atoms with Crippen molar-refractivity contribution in [1.29, 1.82) is 0 Å². The van der Waals surface area contributed by atoms with E-state index in [-0.39, 0.29) is 11.4 Å². The lowest BCUT2D eigenvalue weighted by molar-refractivity contribution is -0.149. The Kier molecular flexibility index (Phi) is 1.96. The molecule has 2 nitrogen and oxygen atoms in total. The van der Waals surface area contributed by atoms with Crippen molar-refractivity contribution in [2.24, 2.45) is 0 Å². The van der Waals surface area contributed by atoms with Crippen LogP contribution in [0.4, 0.5) is 4.39 Å². The normalized spacial score (nSPS) is 19.2. The van der Waals surface area contributed by atoms with E-state index in [9.17, 15) is 4.39 Å². The summed E-state index contributed by atoms with van der Waals surface area (Å²) in [5, 5.41) is 0. The number of halogens is 1. The summed E-state index contributed by atoms with van der Waals surface area (Å²) >= 11 is 0. The minimum Gasteiger partial charge on any atom is -0.483 e. The van der Waals surface area contributed by atoms with Crippen molar-refractivity contribution in [1.82, 2.24) is 0 Å². The Bertz CT molecular complexity index is 290. The molecule has 1 aromatic rings. The molecule has 0 radical (unpaired) electrons. The summed E-state index contributed by atoms with van der Waals surface area (Å²) in [5.74, 6) is 0.439. The molecule has 1 heterocycles. The largest absolute Gasteiger partial charge is 0.483 e. The molecule has 0 aliphatic carbocycles. The fourth-order valence-corrected chi connectivity index (χ4v) is 1.24. The highest BCUT2D eigenvalue weighted by Crippen LogP contribution is 2.24. The van der Waals surface area contributed by atoms with Crippen LogP contribution >= 0.6 is 0 Å². The highest BCUT2D eigenvalue weighted by Gasteiger charge is 2.35. The number of hydrogen-bond acceptors (Lipinski definition) is 2. The van der Waals surface area contributed by atoms with Crippen LogP contribution in [0, 0.1) is 5.82 Å². The van der Waals surface area contributed by atoms with Crippen molar-refractivity contribution in [2.75, 3.05) is 13.2 Å². The van der Waals surface area contributed by atoms with Crippen LogP contribution in [0.3, 0.4) is 0 Å². The molecule has 0 spiro atoms. The lowest BCUT2D eigenvalue weighted by Gasteiger charge is -2.38. The molecular formula is C10H11FO2. The third kappa shape index (κ3) is 1.80. The predicted octanol–water partition coefficient (Wildman–Crippen LogP) is 1.99. The third-order valence-corrected chi connectivity index (χ3v) is 1.99. The van der Waals surface area contributed by atoms with Crippen molar-refractivity contribution >= 4 is 0 Å². The molecule has 1 fully saturated rings. The number of hydrogen-bond donors (Lipinski definition) is 0. The van der Waals surface area contributed by atoms with E-state index in [0.29, 0.717) is 19.0 Å². The first-order chi connectivity index (χ1) is 6.18. The van der Waals surface area contributed by atoms with Crippen molar-refractivity contribution in [3.63, 3.8) is 0 Å². The summed E-state index contributed by atoms with van der Waals surface area (Å²) in [5.41, 5.74) is -0.224. The zero-order chi connectivity index (χ0) is 9.31. The minimum absolute atomic E-state index is 0.224. The highest BCUT2D eigenvalue weighted by molar-refractivity contribution is 5.23. The summed E-state index contributed by atoms with van der Waals surface area (Å²) in [7, 11) is 0. The maximum absolute atomic E-state index is 12.5. The molecule has 1 aliphatic rings. The van der Waals surface area contributed by atoms with Crippen molar-refractivity contribution in [2.45, 2.75) is 12.5 Å². The Morgan fingerprint density at radius 3 is 2.38 bits per heavy atom. The summed E-state index contributed by atoms with van der Waals surface area (Å²) in [4.78, 5) is 0. The van der Waals surface area contributed by atoms with Gasteiger partial charge < -0.3 is 9.47 Å². The van der Waals surface area contributed by atoms with Gasteiger partial charge in [0.1, 0.15) is 11.6 Å². The molecule has 13 heavy (non-hydrogen) atoms. The monoisotopic (exact) mass is 182 g/mol. The first-order valence-electron chi connectivity index (χ1n) is 4.20. The second kappa shape index (κ2) is 3.00. The van der Waals surface area contributed by atoms with E-state index in [1.54, 1.807) is 12.1 Å². The summed E-state index contributed by atoms with van der Waals surface area (Å²) < 4.78 is 23.2. The van der Waals surface area contributed by atoms with Gasteiger partial charge in [0.2, 0.25) is 0 Å². The average molecular weight is 182 g/mol. The van der Waals surface area contributed by atoms with E-state index >= 15 is 0 Å². The van der Waals surface area contributed by atoms with Gasteiger partial charge in [0.15, 0.2) is 5.60 Å². The van der Waals surface area contributed by atoms with Crippen LogP contribution in [0.1, 0.15) is 6.92 Å². The fourth-order valence-electron chi connectivity index (χ4n) is 1.24. The zero-order valence-corrected chi connectivity index (χ0v) is 7.42. The van der Waals surface area contributed by atoms with Gasteiger partial charge in [0.25, 0.3) is 0 Å². The van der Waals surface area contributed by atoms with Gasteiger partial charge >= 0.3 is 0 Å². The second-order valence-corrected chi connectivity index (χ2v) is 3.50. The molecule has 1 aromatic carbocycles. The van der Waals surface area contributed by atoms with Crippen LogP contribution in [0.25, 0.3) is 0 Å². The lowest BCUT2D eigenvalue weighted by atomic mass is 10.1. The van der Waals surface area contributed by atoms with Crippen LogP contribution in [-0.2, 0) is 4.74 Å². The van der Waals surface area contributed by atoms with Gasteiger partial charge in [-0.2, -0.15) is 0 Å². The molecule has 1 aliphatic heterocycles. The molecule has 0 saturated carbocycles. The van der Waals surface area contributed by atoms with E-state index in [4.69, 9.17) is 9.47 Å². The van der Waals surface area contributed by atoms with Gasteiger partial charge in [0, 0.05) is 0 Å². The molecule has 0 unspecified atom stereocenters. The Balaban J connectivity index is 2.05. The molecule has 3 heteroatoms. The SMILES string of the molecule is CC1(Oc2ccc(F)cc2)COC1. The van der Waals surface area contributed by atoms with Crippen LogP contribution in [-0.4, -0.2) is 18.8 Å². The van der Waals surface area contributed by atoms with E-state index in [0.717, 1.165) is 0 Å². The molecule has 0 atom stereocenters. The molecule has 1 saturated heterocycles. The zero-order valence-electron chi connectivity index (χ0n) is 7.42. The summed E-state index contributed by atoms with van der Waals surface area (Å²) in [6.45, 7) is 3.18. The summed E-state index contributed by atoms with van der Waals surface area (Å²) in [6.07, 6.45) is 0. The van der Waals surface area contributed by atoms with Gasteiger partial charge in [-0.25, -0.2) is 4.39 Å². The molecule has 0 bridgehead atoms. The van der Waals surface area contributed by atoms with E-state index in [1.165, 1.54) is 12.1 Å². The second-order valence-electron chi connectivity index (χ2n) is 3.50. The van der Waals surface area contributed by atoms with Gasteiger partial charge in [-0.05, 0) is 31.2 Å². The standard InChI is InChI=1S/C10H11FO2/c1-10(6-12-7-10)13-9-4-2-8(11)3-5-9/h2-5H,6-7H2,1H3. The van der Waals surface area contributed by atoms with Crippen LogP contribution < -0.4 is 4.74 Å². The highest BCUT2D eigenvalue weighted by atomic mass is 19.1. The topological polar surface area (TPSA) is 18.5 Å². The Labute approximate surface area is 76.3 Å². The smallest absolute Gasteiger partial charge is 0.152 e. The maximum Gasteiger partial charge on any atom is 0.152 e. The molecule has 70 valence electrons. The Morgan fingerprint density at radius 2 is 1.92 bits per heavy atom. The number of rotatable bonds is 2. The predicted molar refractivity (Wildman–Crippen MR) is 46.3 cm³/mol. The Hall–Kier alpha value is -1.09. The number of benzene rings is 1. The summed E-state index contributed by atoms with van der Waals surface area (Å²) in [6, 6.07) is 6.02. The molecule has 0 N–H and O–H groups in total. The van der Waals surface area contributed by atoms with Crippen LogP contribution in [0.5, 0.6) is 5.75 Å². The Morgan fingerprint density at radius 1 is 1.31 bits per heavy atom. The lowest BCUT2D eigenvalue weighted by Crippen LogP contribution is -2.51. The molecule has 0 aromatic heterocycles. The van der Waals surface area contributed by atoms with Crippen LogP contribution in [0.15, 0.2) is 24.3 Å². The molecule has 0 amide bonds. The minimum atomic E-state index is -0.248.